The van der Waals surface area contributed by atoms with Crippen LogP contribution in [0.15, 0.2) is 42.7 Å². The molecule has 102 valence electrons. The highest BCUT2D eigenvalue weighted by Crippen LogP contribution is 2.20. The van der Waals surface area contributed by atoms with E-state index in [4.69, 9.17) is 16.3 Å². The SMILES string of the molecule is Fc1ccc(OCc2ccncc2)c(C#CCCCl)c1. The average molecular weight is 290 g/mol. The van der Waals surface area contributed by atoms with Gasteiger partial charge >= 0.3 is 0 Å². The first-order chi connectivity index (χ1) is 9.79. The summed E-state index contributed by atoms with van der Waals surface area (Å²) in [5.41, 5.74) is 1.52. The molecule has 0 aliphatic rings. The van der Waals surface area contributed by atoms with Gasteiger partial charge in [0.15, 0.2) is 0 Å². The van der Waals surface area contributed by atoms with Gasteiger partial charge in [-0.2, -0.15) is 0 Å². The van der Waals surface area contributed by atoms with Gasteiger partial charge in [-0.1, -0.05) is 11.8 Å². The predicted molar refractivity (Wildman–Crippen MR) is 77.2 cm³/mol. The highest BCUT2D eigenvalue weighted by atomic mass is 35.5. The molecule has 20 heavy (non-hydrogen) atoms. The topological polar surface area (TPSA) is 22.1 Å². The Morgan fingerprint density at radius 3 is 2.75 bits per heavy atom. The molecule has 1 heterocycles. The maximum absolute atomic E-state index is 13.3. The fourth-order valence-corrected chi connectivity index (χ4v) is 1.67. The number of rotatable bonds is 4. The lowest BCUT2D eigenvalue weighted by molar-refractivity contribution is 0.305. The molecule has 2 nitrogen and oxygen atoms in total. The molecule has 0 spiro atoms. The zero-order valence-electron chi connectivity index (χ0n) is 10.8. The van der Waals surface area contributed by atoms with Crippen LogP contribution in [0.4, 0.5) is 4.39 Å². The highest BCUT2D eigenvalue weighted by Gasteiger charge is 2.04. The molecule has 1 aromatic carbocycles. The molecule has 0 saturated heterocycles. The van der Waals surface area contributed by atoms with Gasteiger partial charge in [-0.3, -0.25) is 4.98 Å². The first kappa shape index (κ1) is 14.4. The summed E-state index contributed by atoms with van der Waals surface area (Å²) in [7, 11) is 0. The Labute approximate surface area is 122 Å². The van der Waals surface area contributed by atoms with Crippen molar-refractivity contribution in [3.8, 4) is 17.6 Å². The molecule has 0 unspecified atom stereocenters. The van der Waals surface area contributed by atoms with E-state index in [2.05, 4.69) is 16.8 Å². The van der Waals surface area contributed by atoms with Crippen molar-refractivity contribution in [3.63, 3.8) is 0 Å². The first-order valence-corrected chi connectivity index (χ1v) is 6.69. The van der Waals surface area contributed by atoms with Gasteiger partial charge in [-0.25, -0.2) is 4.39 Å². The molecular weight excluding hydrogens is 277 g/mol. The maximum Gasteiger partial charge on any atom is 0.135 e. The lowest BCUT2D eigenvalue weighted by Gasteiger charge is -2.08. The number of nitrogens with zero attached hydrogens (tertiary/aromatic N) is 1. The molecule has 0 bridgehead atoms. The summed E-state index contributed by atoms with van der Waals surface area (Å²) in [5.74, 6) is 6.44. The summed E-state index contributed by atoms with van der Waals surface area (Å²) in [5, 5.41) is 0. The van der Waals surface area contributed by atoms with E-state index in [1.165, 1.54) is 12.1 Å². The van der Waals surface area contributed by atoms with Crippen LogP contribution >= 0.6 is 11.6 Å². The van der Waals surface area contributed by atoms with Crippen molar-refractivity contribution >= 4 is 11.6 Å². The molecular formula is C16H13ClFNO. The number of pyridine rings is 1. The van der Waals surface area contributed by atoms with Gasteiger partial charge in [-0.15, -0.1) is 11.6 Å². The third-order valence-corrected chi connectivity index (χ3v) is 2.72. The Morgan fingerprint density at radius 1 is 1.20 bits per heavy atom. The largest absolute Gasteiger partial charge is 0.488 e. The lowest BCUT2D eigenvalue weighted by atomic mass is 10.2. The number of alkyl halides is 1. The van der Waals surface area contributed by atoms with Crippen LogP contribution in [0.5, 0.6) is 5.75 Å². The van der Waals surface area contributed by atoms with Crippen molar-refractivity contribution in [1.29, 1.82) is 0 Å². The number of ether oxygens (including phenoxy) is 1. The fourth-order valence-electron chi connectivity index (χ4n) is 1.57. The molecule has 1 aromatic heterocycles. The summed E-state index contributed by atoms with van der Waals surface area (Å²) < 4.78 is 18.9. The van der Waals surface area contributed by atoms with Crippen LogP contribution in [0.2, 0.25) is 0 Å². The zero-order valence-corrected chi connectivity index (χ0v) is 11.5. The van der Waals surface area contributed by atoms with Gasteiger partial charge in [0.05, 0.1) is 5.56 Å². The molecule has 0 aliphatic heterocycles. The van der Waals surface area contributed by atoms with E-state index in [1.807, 2.05) is 12.1 Å². The second kappa shape index (κ2) is 7.52. The van der Waals surface area contributed by atoms with Crippen LogP contribution in [-0.2, 0) is 6.61 Å². The third-order valence-electron chi connectivity index (χ3n) is 2.53. The van der Waals surface area contributed by atoms with Crippen LogP contribution in [0.3, 0.4) is 0 Å². The van der Waals surface area contributed by atoms with E-state index >= 15 is 0 Å². The van der Waals surface area contributed by atoms with E-state index in [0.29, 0.717) is 30.2 Å². The molecule has 2 rings (SSSR count). The van der Waals surface area contributed by atoms with E-state index in [9.17, 15) is 4.39 Å². The van der Waals surface area contributed by atoms with Crippen LogP contribution in [0, 0.1) is 17.7 Å². The second-order valence-corrected chi connectivity index (χ2v) is 4.40. The van der Waals surface area contributed by atoms with Crippen molar-refractivity contribution in [2.24, 2.45) is 0 Å². The monoisotopic (exact) mass is 289 g/mol. The van der Waals surface area contributed by atoms with Gasteiger partial charge in [-0.05, 0) is 35.9 Å². The zero-order chi connectivity index (χ0) is 14.2. The number of hydrogen-bond acceptors (Lipinski definition) is 2. The summed E-state index contributed by atoms with van der Waals surface area (Å²) >= 11 is 5.57. The van der Waals surface area contributed by atoms with Gasteiger partial charge in [0.2, 0.25) is 0 Å². The minimum atomic E-state index is -0.337. The van der Waals surface area contributed by atoms with Gasteiger partial charge < -0.3 is 4.74 Å². The summed E-state index contributed by atoms with van der Waals surface area (Å²) in [6.45, 7) is 0.387. The van der Waals surface area contributed by atoms with E-state index < -0.39 is 0 Å². The van der Waals surface area contributed by atoms with Crippen LogP contribution in [-0.4, -0.2) is 10.9 Å². The fraction of sp³-hybridized carbons (Fsp3) is 0.188. The number of benzene rings is 1. The van der Waals surface area contributed by atoms with Crippen LogP contribution in [0.1, 0.15) is 17.5 Å². The normalized spacial score (nSPS) is 9.70. The lowest BCUT2D eigenvalue weighted by Crippen LogP contribution is -1.97. The van der Waals surface area contributed by atoms with Crippen molar-refractivity contribution in [1.82, 2.24) is 4.98 Å². The van der Waals surface area contributed by atoms with Gasteiger partial charge in [0, 0.05) is 24.7 Å². The molecule has 2 aromatic rings. The van der Waals surface area contributed by atoms with E-state index in [0.717, 1.165) is 5.56 Å². The molecule has 4 heteroatoms. The van der Waals surface area contributed by atoms with Crippen molar-refractivity contribution < 1.29 is 9.13 Å². The molecule has 0 aliphatic carbocycles. The Kier molecular flexibility index (Phi) is 5.40. The molecule has 0 radical (unpaired) electrons. The maximum atomic E-state index is 13.3. The van der Waals surface area contributed by atoms with Crippen molar-refractivity contribution in [3.05, 3.63) is 59.7 Å². The molecule has 0 N–H and O–H groups in total. The highest BCUT2D eigenvalue weighted by molar-refractivity contribution is 6.18. The molecule has 0 amide bonds. The summed E-state index contributed by atoms with van der Waals surface area (Å²) in [6.07, 6.45) is 3.96. The summed E-state index contributed by atoms with van der Waals surface area (Å²) in [6, 6.07) is 8.03. The third kappa shape index (κ3) is 4.25. The smallest absolute Gasteiger partial charge is 0.135 e. The average Bonchev–Trinajstić information content (AvgIpc) is 2.48. The van der Waals surface area contributed by atoms with Crippen LogP contribution in [0.25, 0.3) is 0 Å². The van der Waals surface area contributed by atoms with E-state index in [1.54, 1.807) is 18.5 Å². The van der Waals surface area contributed by atoms with Crippen molar-refractivity contribution in [2.45, 2.75) is 13.0 Å². The number of aromatic nitrogens is 1. The van der Waals surface area contributed by atoms with E-state index in [-0.39, 0.29) is 5.82 Å². The minimum absolute atomic E-state index is 0.337. The summed E-state index contributed by atoms with van der Waals surface area (Å²) in [4.78, 5) is 3.94. The van der Waals surface area contributed by atoms with Gasteiger partial charge in [0.25, 0.3) is 0 Å². The molecule has 0 fully saturated rings. The van der Waals surface area contributed by atoms with Gasteiger partial charge in [0.1, 0.15) is 18.2 Å². The number of hydrogen-bond donors (Lipinski definition) is 0. The first-order valence-electron chi connectivity index (χ1n) is 6.15. The van der Waals surface area contributed by atoms with Crippen molar-refractivity contribution in [2.75, 3.05) is 5.88 Å². The minimum Gasteiger partial charge on any atom is -0.488 e. The molecule has 0 saturated carbocycles. The second-order valence-electron chi connectivity index (χ2n) is 4.03. The molecule has 0 atom stereocenters. The van der Waals surface area contributed by atoms with Crippen LogP contribution < -0.4 is 4.74 Å². The predicted octanol–water partition coefficient (Wildman–Crippen LogP) is 3.78. The Morgan fingerprint density at radius 2 is 2.00 bits per heavy atom. The standard InChI is InChI=1S/C16H13ClFNO/c17-8-2-1-3-14-11-15(18)4-5-16(14)20-12-13-6-9-19-10-7-13/h4-7,9-11H,2,8,12H2. The number of halogens is 2. The Hall–Kier alpha value is -2.05. The Bertz CT molecular complexity index is 619. The quantitative estimate of drug-likeness (QED) is 0.631. The Balaban J connectivity index is 2.13.